The van der Waals surface area contributed by atoms with Crippen molar-refractivity contribution in [3.05, 3.63) is 71.6 Å². The molecule has 2 aromatic rings. The monoisotopic (exact) mass is 428 g/mol. The summed E-state index contributed by atoms with van der Waals surface area (Å²) in [4.78, 5) is 14.8. The third-order valence-electron chi connectivity index (χ3n) is 5.07. The molecule has 0 saturated carbocycles. The lowest BCUT2D eigenvalue weighted by Crippen LogP contribution is -2.43. The molecule has 7 heteroatoms. The number of rotatable bonds is 8. The Morgan fingerprint density at radius 1 is 1.10 bits per heavy atom. The largest absolute Gasteiger partial charge is 0.490 e. The number of carbonyl (C=O) groups is 1. The van der Waals surface area contributed by atoms with Crippen molar-refractivity contribution in [3.8, 4) is 5.75 Å². The van der Waals surface area contributed by atoms with Crippen LogP contribution in [-0.2, 0) is 21.1 Å². The van der Waals surface area contributed by atoms with Crippen LogP contribution in [0.3, 0.4) is 0 Å². The topological polar surface area (TPSA) is 75.7 Å². The molecule has 0 bridgehead atoms. The first-order valence-electron chi connectivity index (χ1n) is 10.1. The summed E-state index contributed by atoms with van der Waals surface area (Å²) in [5.74, 6) is 0.656. The number of nitrogens with one attached hydrogen (secondary N) is 1. The fraction of sp³-hybridized carbons (Fsp3) is 0.348. The first-order valence-corrected chi connectivity index (χ1v) is 11.6. The highest BCUT2D eigenvalue weighted by atomic mass is 32.2. The van der Waals surface area contributed by atoms with Gasteiger partial charge in [-0.3, -0.25) is 4.79 Å². The van der Waals surface area contributed by atoms with Gasteiger partial charge in [0.1, 0.15) is 12.4 Å². The molecule has 1 aliphatic heterocycles. The molecule has 160 valence electrons. The summed E-state index contributed by atoms with van der Waals surface area (Å²) >= 11 is 0. The van der Waals surface area contributed by atoms with Gasteiger partial charge in [-0.05, 0) is 68.9 Å². The number of benzene rings is 2. The Labute approximate surface area is 178 Å². The third-order valence-corrected chi connectivity index (χ3v) is 6.55. The van der Waals surface area contributed by atoms with Crippen LogP contribution in [0.5, 0.6) is 5.75 Å². The van der Waals surface area contributed by atoms with Crippen molar-refractivity contribution in [3.63, 3.8) is 0 Å². The van der Waals surface area contributed by atoms with Crippen LogP contribution in [-0.4, -0.2) is 52.0 Å². The molecule has 30 heavy (non-hydrogen) atoms. The standard InChI is InChI=1S/C23H28N2O4S/c1-25-14-12-20(13-15-25)24-23(26)18-19-8-10-21(11-9-19)29-16-5-17-30(27,28)22-6-3-2-4-7-22/h2-11,17,20H,12-16,18H2,1H3,(H,24,26)/b17-5+. The van der Waals surface area contributed by atoms with E-state index < -0.39 is 9.84 Å². The second kappa shape index (κ2) is 10.4. The number of carbonyl (C=O) groups excluding carboxylic acids is 1. The van der Waals surface area contributed by atoms with E-state index in [0.29, 0.717) is 12.2 Å². The molecule has 1 saturated heterocycles. The minimum Gasteiger partial charge on any atom is -0.490 e. The summed E-state index contributed by atoms with van der Waals surface area (Å²) in [6.45, 7) is 2.16. The zero-order chi connectivity index (χ0) is 21.4. The van der Waals surface area contributed by atoms with Gasteiger partial charge in [0.25, 0.3) is 0 Å². The number of nitrogens with zero attached hydrogens (tertiary/aromatic N) is 1. The van der Waals surface area contributed by atoms with Crippen LogP contribution in [0.2, 0.25) is 0 Å². The maximum absolute atomic E-state index is 12.2. The minimum atomic E-state index is -3.46. The average molecular weight is 429 g/mol. The highest BCUT2D eigenvalue weighted by molar-refractivity contribution is 7.94. The number of sulfone groups is 1. The fourth-order valence-electron chi connectivity index (χ4n) is 3.32. The number of hydrogen-bond acceptors (Lipinski definition) is 5. The van der Waals surface area contributed by atoms with Gasteiger partial charge in [-0.2, -0.15) is 0 Å². The Morgan fingerprint density at radius 2 is 1.77 bits per heavy atom. The van der Waals surface area contributed by atoms with E-state index in [9.17, 15) is 13.2 Å². The zero-order valence-electron chi connectivity index (χ0n) is 17.2. The molecule has 0 spiro atoms. The molecule has 1 heterocycles. The Hall–Kier alpha value is -2.64. The molecule has 1 aliphatic rings. The van der Waals surface area contributed by atoms with Crippen LogP contribution >= 0.6 is 0 Å². The van der Waals surface area contributed by atoms with E-state index in [1.165, 1.54) is 6.08 Å². The van der Waals surface area contributed by atoms with Crippen LogP contribution in [0.1, 0.15) is 18.4 Å². The molecule has 0 aromatic heterocycles. The van der Waals surface area contributed by atoms with Gasteiger partial charge >= 0.3 is 0 Å². The maximum Gasteiger partial charge on any atom is 0.224 e. The highest BCUT2D eigenvalue weighted by Crippen LogP contribution is 2.15. The fourth-order valence-corrected chi connectivity index (χ4v) is 4.35. The van der Waals surface area contributed by atoms with E-state index in [-0.39, 0.29) is 23.5 Å². The SMILES string of the molecule is CN1CCC(NC(=O)Cc2ccc(OC/C=C/S(=O)(=O)c3ccccc3)cc2)CC1. The molecule has 1 amide bonds. The van der Waals surface area contributed by atoms with Crippen LogP contribution in [0.15, 0.2) is 71.0 Å². The number of ether oxygens (including phenoxy) is 1. The lowest BCUT2D eigenvalue weighted by molar-refractivity contribution is -0.121. The molecule has 1 N–H and O–H groups in total. The number of amides is 1. The smallest absolute Gasteiger partial charge is 0.224 e. The van der Waals surface area contributed by atoms with Crippen molar-refractivity contribution < 1.29 is 17.9 Å². The first-order chi connectivity index (χ1) is 14.4. The molecule has 0 aliphatic carbocycles. The van der Waals surface area contributed by atoms with Gasteiger partial charge < -0.3 is 15.0 Å². The Bertz CT molecular complexity index is 948. The summed E-state index contributed by atoms with van der Waals surface area (Å²) in [5.41, 5.74) is 0.912. The molecular weight excluding hydrogens is 400 g/mol. The van der Waals surface area contributed by atoms with E-state index in [2.05, 4.69) is 17.3 Å². The van der Waals surface area contributed by atoms with Gasteiger partial charge in [0.2, 0.25) is 5.91 Å². The lowest BCUT2D eigenvalue weighted by Gasteiger charge is -2.29. The maximum atomic E-state index is 12.2. The molecule has 3 rings (SSSR count). The van der Waals surface area contributed by atoms with Gasteiger partial charge in [0.05, 0.1) is 11.3 Å². The quantitative estimate of drug-likeness (QED) is 0.700. The van der Waals surface area contributed by atoms with Crippen LogP contribution in [0.25, 0.3) is 0 Å². The second-order valence-electron chi connectivity index (χ2n) is 7.51. The first kappa shape index (κ1) is 22.1. The Balaban J connectivity index is 1.44. The molecule has 2 aromatic carbocycles. The predicted octanol–water partition coefficient (Wildman–Crippen LogP) is 2.81. The number of likely N-dealkylation sites (tertiary alicyclic amines) is 1. The van der Waals surface area contributed by atoms with E-state index in [0.717, 1.165) is 36.9 Å². The average Bonchev–Trinajstić information content (AvgIpc) is 2.75. The highest BCUT2D eigenvalue weighted by Gasteiger charge is 2.18. The molecule has 0 atom stereocenters. The molecule has 6 nitrogen and oxygen atoms in total. The summed E-state index contributed by atoms with van der Waals surface area (Å²) < 4.78 is 29.9. The summed E-state index contributed by atoms with van der Waals surface area (Å²) in [6.07, 6.45) is 3.79. The van der Waals surface area contributed by atoms with Crippen molar-refractivity contribution >= 4 is 15.7 Å². The van der Waals surface area contributed by atoms with Crippen molar-refractivity contribution in [2.45, 2.75) is 30.2 Å². The van der Waals surface area contributed by atoms with Crippen molar-refractivity contribution in [2.24, 2.45) is 0 Å². The van der Waals surface area contributed by atoms with Gasteiger partial charge in [0, 0.05) is 11.4 Å². The van der Waals surface area contributed by atoms with Gasteiger partial charge in [0.15, 0.2) is 9.84 Å². The van der Waals surface area contributed by atoms with Gasteiger partial charge in [-0.25, -0.2) is 8.42 Å². The van der Waals surface area contributed by atoms with Crippen molar-refractivity contribution in [1.82, 2.24) is 10.2 Å². The van der Waals surface area contributed by atoms with E-state index in [1.807, 2.05) is 12.1 Å². The summed E-state index contributed by atoms with van der Waals surface area (Å²) in [5, 5.41) is 4.27. The van der Waals surface area contributed by atoms with E-state index >= 15 is 0 Å². The minimum absolute atomic E-state index is 0.0345. The van der Waals surface area contributed by atoms with E-state index in [1.54, 1.807) is 42.5 Å². The van der Waals surface area contributed by atoms with Crippen molar-refractivity contribution in [2.75, 3.05) is 26.7 Å². The van der Waals surface area contributed by atoms with Gasteiger partial charge in [-0.1, -0.05) is 30.3 Å². The number of piperidine rings is 1. The molecular formula is C23H28N2O4S. The second-order valence-corrected chi connectivity index (χ2v) is 9.34. The molecule has 1 fully saturated rings. The van der Waals surface area contributed by atoms with Gasteiger partial charge in [-0.15, -0.1) is 0 Å². The van der Waals surface area contributed by atoms with Crippen LogP contribution < -0.4 is 10.1 Å². The van der Waals surface area contributed by atoms with Crippen LogP contribution in [0, 0.1) is 0 Å². The Kier molecular flexibility index (Phi) is 7.65. The summed E-state index contributed by atoms with van der Waals surface area (Å²) in [7, 11) is -1.36. The number of hydrogen-bond donors (Lipinski definition) is 1. The normalized spacial score (nSPS) is 15.9. The predicted molar refractivity (Wildman–Crippen MR) is 117 cm³/mol. The van der Waals surface area contributed by atoms with Crippen molar-refractivity contribution in [1.29, 1.82) is 0 Å². The lowest BCUT2D eigenvalue weighted by atomic mass is 10.0. The summed E-state index contributed by atoms with van der Waals surface area (Å²) in [6, 6.07) is 15.8. The van der Waals surface area contributed by atoms with Crippen LogP contribution in [0.4, 0.5) is 0 Å². The third kappa shape index (κ3) is 6.71. The molecule has 0 radical (unpaired) electrons. The molecule has 0 unspecified atom stereocenters. The zero-order valence-corrected chi connectivity index (χ0v) is 18.0. The Morgan fingerprint density at radius 3 is 2.43 bits per heavy atom. The van der Waals surface area contributed by atoms with E-state index in [4.69, 9.17) is 4.74 Å².